The van der Waals surface area contributed by atoms with Crippen molar-refractivity contribution < 1.29 is 9.47 Å². The van der Waals surface area contributed by atoms with Crippen LogP contribution in [0.3, 0.4) is 0 Å². The third-order valence-electron chi connectivity index (χ3n) is 5.64. The lowest BCUT2D eigenvalue weighted by atomic mass is 10.2. The van der Waals surface area contributed by atoms with E-state index in [1.807, 2.05) is 0 Å². The van der Waals surface area contributed by atoms with Crippen LogP contribution in [0.15, 0.2) is 10.1 Å². The summed E-state index contributed by atoms with van der Waals surface area (Å²) < 4.78 is 13.5. The van der Waals surface area contributed by atoms with E-state index in [0.717, 1.165) is 82.1 Å². The summed E-state index contributed by atoms with van der Waals surface area (Å²) in [5, 5.41) is 16.7. The maximum absolute atomic E-state index is 5.81. The van der Waals surface area contributed by atoms with Crippen molar-refractivity contribution in [3.8, 4) is 0 Å². The quantitative estimate of drug-likeness (QED) is 0.225. The smallest absolute Gasteiger partial charge is 0.191 e. The van der Waals surface area contributed by atoms with Gasteiger partial charge in [0.05, 0.1) is 12.7 Å². The molecule has 1 atom stereocenters. The summed E-state index contributed by atoms with van der Waals surface area (Å²) in [6.45, 7) is 6.91. The van der Waals surface area contributed by atoms with Crippen LogP contribution in [0.25, 0.3) is 0 Å². The molecule has 170 valence electrons. The number of hydrogen-bond donors (Lipinski definition) is 2. The molecular formula is C21H38N6O2S. The van der Waals surface area contributed by atoms with E-state index in [2.05, 4.69) is 38.6 Å². The average Bonchev–Trinajstić information content (AvgIpc) is 3.52. The molecule has 1 unspecified atom stereocenters. The van der Waals surface area contributed by atoms with Crippen molar-refractivity contribution in [1.29, 1.82) is 0 Å². The van der Waals surface area contributed by atoms with Crippen molar-refractivity contribution in [2.24, 2.45) is 4.99 Å². The van der Waals surface area contributed by atoms with E-state index in [-0.39, 0.29) is 6.10 Å². The molecule has 1 aromatic heterocycles. The molecule has 2 fully saturated rings. The van der Waals surface area contributed by atoms with E-state index >= 15 is 0 Å². The molecule has 0 spiro atoms. The number of aryl methyl sites for hydroxylation is 1. The zero-order valence-electron chi connectivity index (χ0n) is 18.6. The Balaban J connectivity index is 1.39. The van der Waals surface area contributed by atoms with Gasteiger partial charge in [-0.05, 0) is 45.3 Å². The van der Waals surface area contributed by atoms with Crippen molar-refractivity contribution in [2.75, 3.05) is 45.7 Å². The third kappa shape index (κ3) is 7.13. The highest BCUT2D eigenvalue weighted by atomic mass is 32.2. The van der Waals surface area contributed by atoms with Crippen LogP contribution in [0.5, 0.6) is 0 Å². The fourth-order valence-corrected chi connectivity index (χ4v) is 4.66. The highest BCUT2D eigenvalue weighted by Crippen LogP contribution is 2.33. The highest BCUT2D eigenvalue weighted by molar-refractivity contribution is 7.98. The first-order chi connectivity index (χ1) is 14.8. The van der Waals surface area contributed by atoms with Crippen LogP contribution in [-0.4, -0.2) is 72.5 Å². The summed E-state index contributed by atoms with van der Waals surface area (Å²) in [4.78, 5) is 4.73. The van der Waals surface area contributed by atoms with Crippen LogP contribution < -0.4 is 10.6 Å². The molecular weight excluding hydrogens is 400 g/mol. The monoisotopic (exact) mass is 438 g/mol. The van der Waals surface area contributed by atoms with Gasteiger partial charge in [0.15, 0.2) is 11.1 Å². The lowest BCUT2D eigenvalue weighted by Crippen LogP contribution is -2.38. The first-order valence-electron chi connectivity index (χ1n) is 11.5. The van der Waals surface area contributed by atoms with E-state index in [9.17, 15) is 0 Å². The first-order valence-corrected chi connectivity index (χ1v) is 12.7. The van der Waals surface area contributed by atoms with E-state index in [0.29, 0.717) is 6.04 Å². The predicted octanol–water partition coefficient (Wildman–Crippen LogP) is 2.80. The molecule has 1 aromatic rings. The zero-order valence-corrected chi connectivity index (χ0v) is 19.4. The maximum atomic E-state index is 5.81. The second kappa shape index (κ2) is 13.2. The fourth-order valence-electron chi connectivity index (χ4n) is 4.09. The Kier molecular flexibility index (Phi) is 10.2. The number of nitrogens with one attached hydrogen (secondary N) is 2. The standard InChI is InChI=1S/C21H38N6O2S/c1-3-22-20(24-13-7-14-29-18-11-15-28-16-18)23-12-6-10-19-25-26-21(30-2)27(19)17-8-4-5-9-17/h17-18H,3-16H2,1-2H3,(H2,22,23,24). The van der Waals surface area contributed by atoms with E-state index in [1.165, 1.54) is 25.7 Å². The van der Waals surface area contributed by atoms with Gasteiger partial charge in [0.2, 0.25) is 0 Å². The van der Waals surface area contributed by atoms with E-state index in [1.54, 1.807) is 11.8 Å². The molecule has 0 amide bonds. The fraction of sp³-hybridized carbons (Fsp3) is 0.857. The van der Waals surface area contributed by atoms with Gasteiger partial charge in [0, 0.05) is 45.3 Å². The van der Waals surface area contributed by atoms with Crippen molar-refractivity contribution in [3.05, 3.63) is 5.82 Å². The van der Waals surface area contributed by atoms with Gasteiger partial charge >= 0.3 is 0 Å². The number of guanidine groups is 1. The Morgan fingerprint density at radius 2 is 2.10 bits per heavy atom. The molecule has 2 aliphatic rings. The number of hydrogen-bond acceptors (Lipinski definition) is 6. The van der Waals surface area contributed by atoms with Gasteiger partial charge in [-0.15, -0.1) is 10.2 Å². The first kappa shape index (κ1) is 23.3. The van der Waals surface area contributed by atoms with Crippen LogP contribution in [0, 0.1) is 0 Å². The van der Waals surface area contributed by atoms with Crippen LogP contribution in [0.4, 0.5) is 0 Å². The summed E-state index contributed by atoms with van der Waals surface area (Å²) in [5.41, 5.74) is 0. The van der Waals surface area contributed by atoms with Gasteiger partial charge in [-0.2, -0.15) is 0 Å². The topological polar surface area (TPSA) is 85.6 Å². The number of aliphatic imine (C=N–C) groups is 1. The average molecular weight is 439 g/mol. The SMILES string of the molecule is CCNC(=NCCCc1nnc(SC)n1C1CCCC1)NCCCOC1CCOC1. The molecule has 3 rings (SSSR count). The van der Waals surface area contributed by atoms with E-state index in [4.69, 9.17) is 14.5 Å². The van der Waals surface area contributed by atoms with Crippen LogP contribution in [-0.2, 0) is 15.9 Å². The Morgan fingerprint density at radius 1 is 1.23 bits per heavy atom. The Bertz CT molecular complexity index is 641. The molecule has 1 aliphatic heterocycles. The number of rotatable bonds is 12. The normalized spacial score (nSPS) is 20.2. The summed E-state index contributed by atoms with van der Waals surface area (Å²) in [5.74, 6) is 2.00. The number of ether oxygens (including phenoxy) is 2. The summed E-state index contributed by atoms with van der Waals surface area (Å²) in [6.07, 6.45) is 11.4. The van der Waals surface area contributed by atoms with Crippen molar-refractivity contribution in [1.82, 2.24) is 25.4 Å². The van der Waals surface area contributed by atoms with Crippen molar-refractivity contribution >= 4 is 17.7 Å². The number of aromatic nitrogens is 3. The minimum absolute atomic E-state index is 0.282. The highest BCUT2D eigenvalue weighted by Gasteiger charge is 2.23. The molecule has 1 aliphatic carbocycles. The van der Waals surface area contributed by atoms with Gasteiger partial charge in [-0.1, -0.05) is 24.6 Å². The lowest BCUT2D eigenvalue weighted by Gasteiger charge is -2.16. The van der Waals surface area contributed by atoms with Gasteiger partial charge < -0.3 is 24.7 Å². The predicted molar refractivity (Wildman–Crippen MR) is 121 cm³/mol. The summed E-state index contributed by atoms with van der Waals surface area (Å²) in [6, 6.07) is 0.581. The van der Waals surface area contributed by atoms with Crippen molar-refractivity contribution in [3.63, 3.8) is 0 Å². The maximum Gasteiger partial charge on any atom is 0.191 e. The van der Waals surface area contributed by atoms with Crippen LogP contribution in [0.2, 0.25) is 0 Å². The molecule has 8 nitrogen and oxygen atoms in total. The molecule has 30 heavy (non-hydrogen) atoms. The Morgan fingerprint density at radius 3 is 2.83 bits per heavy atom. The largest absolute Gasteiger partial charge is 0.379 e. The molecule has 1 saturated carbocycles. The van der Waals surface area contributed by atoms with Crippen molar-refractivity contribution in [2.45, 2.75) is 75.6 Å². The molecule has 0 radical (unpaired) electrons. The second-order valence-electron chi connectivity index (χ2n) is 7.91. The second-order valence-corrected chi connectivity index (χ2v) is 8.69. The molecule has 9 heteroatoms. The minimum Gasteiger partial charge on any atom is -0.379 e. The van der Waals surface area contributed by atoms with Crippen LogP contribution in [0.1, 0.15) is 63.7 Å². The van der Waals surface area contributed by atoms with Gasteiger partial charge in [0.25, 0.3) is 0 Å². The third-order valence-corrected chi connectivity index (χ3v) is 6.28. The molecule has 1 saturated heterocycles. The number of nitrogens with zero attached hydrogens (tertiary/aromatic N) is 4. The minimum atomic E-state index is 0.282. The molecule has 2 N–H and O–H groups in total. The molecule has 0 aromatic carbocycles. The summed E-state index contributed by atoms with van der Waals surface area (Å²) >= 11 is 1.70. The number of thioether (sulfide) groups is 1. The van der Waals surface area contributed by atoms with E-state index < -0.39 is 0 Å². The molecule has 0 bridgehead atoms. The Labute approximate surface area is 185 Å². The Hall–Kier alpha value is -1.32. The summed E-state index contributed by atoms with van der Waals surface area (Å²) in [7, 11) is 0. The van der Waals surface area contributed by atoms with Gasteiger partial charge in [-0.3, -0.25) is 4.99 Å². The zero-order chi connectivity index (χ0) is 21.0. The van der Waals surface area contributed by atoms with Gasteiger partial charge in [-0.25, -0.2) is 0 Å². The molecule has 2 heterocycles. The van der Waals surface area contributed by atoms with Gasteiger partial charge in [0.1, 0.15) is 5.82 Å². The lowest BCUT2D eigenvalue weighted by molar-refractivity contribution is 0.0420. The van der Waals surface area contributed by atoms with Crippen LogP contribution >= 0.6 is 11.8 Å².